The van der Waals surface area contributed by atoms with E-state index in [1.807, 2.05) is 13.8 Å². The average molecular weight is 324 g/mol. The molecule has 0 aromatic carbocycles. The third kappa shape index (κ3) is 13.3. The first-order valence-corrected chi connectivity index (χ1v) is 7.80. The van der Waals surface area contributed by atoms with Crippen LogP contribution in [0.1, 0.15) is 53.4 Å². The highest BCUT2D eigenvalue weighted by molar-refractivity contribution is 5.88. The molecule has 0 aromatic heterocycles. The SMILES string of the molecule is CC(=O)C=C(C)NCC(CCCCC(=O)O)NC(C)=CC(C)=O. The van der Waals surface area contributed by atoms with Crippen LogP contribution < -0.4 is 10.6 Å². The van der Waals surface area contributed by atoms with E-state index in [0.29, 0.717) is 13.0 Å². The van der Waals surface area contributed by atoms with Gasteiger partial charge < -0.3 is 15.7 Å². The maximum atomic E-state index is 11.1. The Morgan fingerprint density at radius 3 is 2.04 bits per heavy atom. The Hall–Kier alpha value is -2.11. The maximum absolute atomic E-state index is 11.1. The van der Waals surface area contributed by atoms with Gasteiger partial charge in [0, 0.05) is 30.4 Å². The van der Waals surface area contributed by atoms with Crippen LogP contribution in [0.15, 0.2) is 23.5 Å². The maximum Gasteiger partial charge on any atom is 0.303 e. The first kappa shape index (κ1) is 20.9. The van der Waals surface area contributed by atoms with Crippen molar-refractivity contribution in [1.29, 1.82) is 0 Å². The summed E-state index contributed by atoms with van der Waals surface area (Å²) in [6.07, 6.45) is 5.38. The second-order valence-corrected chi connectivity index (χ2v) is 5.74. The van der Waals surface area contributed by atoms with Gasteiger partial charge in [0.15, 0.2) is 11.6 Å². The summed E-state index contributed by atoms with van der Waals surface area (Å²) in [5.74, 6) is -0.839. The van der Waals surface area contributed by atoms with E-state index in [4.69, 9.17) is 5.11 Å². The number of carbonyl (C=O) groups excluding carboxylic acids is 2. The molecule has 0 aliphatic heterocycles. The fourth-order valence-corrected chi connectivity index (χ4v) is 2.20. The van der Waals surface area contributed by atoms with Gasteiger partial charge in [0.1, 0.15) is 0 Å². The van der Waals surface area contributed by atoms with Gasteiger partial charge in [-0.05, 0) is 52.7 Å². The molecule has 6 nitrogen and oxygen atoms in total. The molecule has 0 aliphatic rings. The second kappa shape index (κ2) is 11.5. The Labute approximate surface area is 138 Å². The number of hydrogen-bond acceptors (Lipinski definition) is 5. The first-order chi connectivity index (χ1) is 10.7. The minimum absolute atomic E-state index is 0.0198. The molecule has 0 heterocycles. The van der Waals surface area contributed by atoms with E-state index >= 15 is 0 Å². The molecule has 6 heteroatoms. The lowest BCUT2D eigenvalue weighted by Crippen LogP contribution is -2.37. The average Bonchev–Trinajstić information content (AvgIpc) is 2.38. The molecule has 130 valence electrons. The molecular formula is C17H28N2O4. The van der Waals surface area contributed by atoms with E-state index in [1.165, 1.54) is 26.0 Å². The van der Waals surface area contributed by atoms with E-state index in [2.05, 4.69) is 10.6 Å². The van der Waals surface area contributed by atoms with E-state index in [-0.39, 0.29) is 24.0 Å². The van der Waals surface area contributed by atoms with Gasteiger partial charge >= 0.3 is 5.97 Å². The molecule has 0 rings (SSSR count). The Morgan fingerprint density at radius 2 is 1.52 bits per heavy atom. The van der Waals surface area contributed by atoms with Crippen molar-refractivity contribution >= 4 is 17.5 Å². The molecule has 0 bridgehead atoms. The summed E-state index contributed by atoms with van der Waals surface area (Å²) >= 11 is 0. The fourth-order valence-electron chi connectivity index (χ4n) is 2.20. The zero-order chi connectivity index (χ0) is 17.8. The van der Waals surface area contributed by atoms with Crippen molar-refractivity contribution in [3.8, 4) is 0 Å². The first-order valence-electron chi connectivity index (χ1n) is 7.80. The lowest BCUT2D eigenvalue weighted by molar-refractivity contribution is -0.137. The molecule has 0 saturated heterocycles. The molecule has 0 fully saturated rings. The molecule has 0 radical (unpaired) electrons. The highest BCUT2D eigenvalue weighted by Crippen LogP contribution is 2.06. The van der Waals surface area contributed by atoms with E-state index < -0.39 is 5.97 Å². The van der Waals surface area contributed by atoms with Gasteiger partial charge in [0.25, 0.3) is 0 Å². The van der Waals surface area contributed by atoms with Gasteiger partial charge in [0.2, 0.25) is 0 Å². The zero-order valence-corrected chi connectivity index (χ0v) is 14.4. The number of rotatable bonds is 12. The number of unbranched alkanes of at least 4 members (excludes halogenated alkanes) is 1. The monoisotopic (exact) mass is 324 g/mol. The summed E-state index contributed by atoms with van der Waals surface area (Å²) in [5.41, 5.74) is 1.55. The number of nitrogens with one attached hydrogen (secondary N) is 2. The van der Waals surface area contributed by atoms with Crippen molar-refractivity contribution in [3.05, 3.63) is 23.5 Å². The summed E-state index contributed by atoms with van der Waals surface area (Å²) in [7, 11) is 0. The Kier molecular flexibility index (Phi) is 10.4. The topological polar surface area (TPSA) is 95.5 Å². The predicted octanol–water partition coefficient (Wildman–Crippen LogP) is 2.16. The normalized spacial score (nSPS) is 13.4. The summed E-state index contributed by atoms with van der Waals surface area (Å²) in [6.45, 7) is 7.22. The molecule has 0 aromatic rings. The number of ketones is 2. The van der Waals surface area contributed by atoms with Crippen LogP contribution in [-0.2, 0) is 14.4 Å². The predicted molar refractivity (Wildman–Crippen MR) is 89.9 cm³/mol. The van der Waals surface area contributed by atoms with Crippen molar-refractivity contribution < 1.29 is 19.5 Å². The molecule has 1 unspecified atom stereocenters. The number of carboxylic acid groups (broad SMARTS) is 1. The summed E-state index contributed by atoms with van der Waals surface area (Å²) < 4.78 is 0. The van der Waals surface area contributed by atoms with Crippen LogP contribution in [-0.4, -0.2) is 35.2 Å². The van der Waals surface area contributed by atoms with Gasteiger partial charge in [-0.25, -0.2) is 0 Å². The third-order valence-corrected chi connectivity index (χ3v) is 3.09. The smallest absolute Gasteiger partial charge is 0.303 e. The lowest BCUT2D eigenvalue weighted by atomic mass is 10.1. The minimum atomic E-state index is -0.791. The molecule has 1 atom stereocenters. The van der Waals surface area contributed by atoms with Crippen LogP contribution >= 0.6 is 0 Å². The molecule has 0 spiro atoms. The highest BCUT2D eigenvalue weighted by atomic mass is 16.4. The largest absolute Gasteiger partial charge is 0.481 e. The van der Waals surface area contributed by atoms with Crippen LogP contribution in [0.2, 0.25) is 0 Å². The van der Waals surface area contributed by atoms with Crippen molar-refractivity contribution in [2.75, 3.05) is 6.54 Å². The van der Waals surface area contributed by atoms with Crippen molar-refractivity contribution in [2.24, 2.45) is 0 Å². The van der Waals surface area contributed by atoms with Crippen molar-refractivity contribution in [1.82, 2.24) is 10.6 Å². The van der Waals surface area contributed by atoms with E-state index in [0.717, 1.165) is 24.2 Å². The van der Waals surface area contributed by atoms with Crippen LogP contribution in [0, 0.1) is 0 Å². The van der Waals surface area contributed by atoms with Gasteiger partial charge in [-0.3, -0.25) is 14.4 Å². The van der Waals surface area contributed by atoms with Crippen LogP contribution in [0.5, 0.6) is 0 Å². The van der Waals surface area contributed by atoms with Crippen LogP contribution in [0.4, 0.5) is 0 Å². The number of hydrogen-bond donors (Lipinski definition) is 3. The zero-order valence-electron chi connectivity index (χ0n) is 14.4. The van der Waals surface area contributed by atoms with Crippen molar-refractivity contribution in [2.45, 2.75) is 59.4 Å². The summed E-state index contributed by atoms with van der Waals surface area (Å²) in [4.78, 5) is 32.7. The van der Waals surface area contributed by atoms with Crippen molar-refractivity contribution in [3.63, 3.8) is 0 Å². The van der Waals surface area contributed by atoms with E-state index in [9.17, 15) is 14.4 Å². The number of allylic oxidation sites excluding steroid dienone is 4. The van der Waals surface area contributed by atoms with Gasteiger partial charge in [-0.15, -0.1) is 0 Å². The summed E-state index contributed by atoms with van der Waals surface area (Å²) in [6, 6.07) is 0.0507. The molecule has 3 N–H and O–H groups in total. The minimum Gasteiger partial charge on any atom is -0.481 e. The van der Waals surface area contributed by atoms with Crippen LogP contribution in [0.3, 0.4) is 0 Å². The fraction of sp³-hybridized carbons (Fsp3) is 0.588. The van der Waals surface area contributed by atoms with Gasteiger partial charge in [-0.2, -0.15) is 0 Å². The number of aliphatic carboxylic acids is 1. The number of carboxylic acids is 1. The Bertz CT molecular complexity index is 481. The highest BCUT2D eigenvalue weighted by Gasteiger charge is 2.09. The molecule has 0 saturated carbocycles. The third-order valence-electron chi connectivity index (χ3n) is 3.09. The van der Waals surface area contributed by atoms with Gasteiger partial charge in [-0.1, -0.05) is 6.42 Å². The lowest BCUT2D eigenvalue weighted by Gasteiger charge is -2.21. The molecular weight excluding hydrogens is 296 g/mol. The Balaban J connectivity index is 4.56. The van der Waals surface area contributed by atoms with Crippen LogP contribution in [0.25, 0.3) is 0 Å². The molecule has 0 aliphatic carbocycles. The van der Waals surface area contributed by atoms with E-state index in [1.54, 1.807) is 0 Å². The second-order valence-electron chi connectivity index (χ2n) is 5.74. The quantitative estimate of drug-likeness (QED) is 0.376. The standard InChI is InChI=1S/C17H28N2O4/c1-12(9-14(3)20)18-11-16(7-5-6-8-17(22)23)19-13(2)10-15(4)21/h9-10,16,18-19H,5-8,11H2,1-4H3,(H,22,23). The molecule has 0 amide bonds. The summed E-state index contributed by atoms with van der Waals surface area (Å²) in [5, 5.41) is 15.1. The van der Waals surface area contributed by atoms with Gasteiger partial charge in [0.05, 0.1) is 0 Å². The number of carbonyl (C=O) groups is 3. The Morgan fingerprint density at radius 1 is 0.957 bits per heavy atom. The molecule has 23 heavy (non-hydrogen) atoms.